The summed E-state index contributed by atoms with van der Waals surface area (Å²) in [6.07, 6.45) is 0. The van der Waals surface area contributed by atoms with E-state index in [1.54, 1.807) is 0 Å². The molecule has 0 radical (unpaired) electrons. The molecular weight excluding hydrogens is 360 g/mol. The summed E-state index contributed by atoms with van der Waals surface area (Å²) in [6.45, 7) is 4.19. The average molecular weight is 382 g/mol. The molecule has 1 fully saturated rings. The van der Waals surface area contributed by atoms with Gasteiger partial charge in [-0.25, -0.2) is 0 Å². The fraction of sp³-hybridized carbons (Fsp3) is 0.421. The highest BCUT2D eigenvalue weighted by Crippen LogP contribution is 2.27. The van der Waals surface area contributed by atoms with Crippen molar-refractivity contribution in [3.05, 3.63) is 59.4 Å². The van der Waals surface area contributed by atoms with Gasteiger partial charge in [0.15, 0.2) is 0 Å². The Kier molecular flexibility index (Phi) is 6.28. The molecule has 3 rings (SSSR count). The second-order valence-corrected chi connectivity index (χ2v) is 6.72. The van der Waals surface area contributed by atoms with Gasteiger partial charge in [0.05, 0.1) is 0 Å². The summed E-state index contributed by atoms with van der Waals surface area (Å²) in [5.74, 6) is -6.11. The molecule has 1 aliphatic rings. The molecule has 0 atom stereocenters. The molecule has 0 saturated carbocycles. The van der Waals surface area contributed by atoms with Crippen molar-refractivity contribution in [1.29, 1.82) is 0 Å². The van der Waals surface area contributed by atoms with Crippen LogP contribution in [0.15, 0.2) is 30.3 Å². The average Bonchev–Trinajstić information content (AvgIpc) is 2.67. The summed E-state index contributed by atoms with van der Waals surface area (Å²) in [6, 6.07) is 10.1. The van der Waals surface area contributed by atoms with Gasteiger partial charge in [-0.1, -0.05) is 30.3 Å². The molecule has 0 N–H and O–H groups in total. The summed E-state index contributed by atoms with van der Waals surface area (Å²) in [4.78, 5) is 8.31. The Hall–Kier alpha value is -2.19. The highest BCUT2D eigenvalue weighted by Gasteiger charge is 2.27. The van der Waals surface area contributed by atoms with Crippen molar-refractivity contribution >= 4 is 5.69 Å². The maximum Gasteiger partial charge on any atom is 0.253 e. The molecule has 4 nitrogen and oxygen atoms in total. The minimum Gasteiger partial charge on any atom is -0.364 e. The molecular formula is C19H22F4N4. The summed E-state index contributed by atoms with van der Waals surface area (Å²) in [5.41, 5.74) is 0.568. The number of hydrogen-bond acceptors (Lipinski definition) is 4. The topological polar surface area (TPSA) is 22.6 Å². The fourth-order valence-electron chi connectivity index (χ4n) is 3.24. The van der Waals surface area contributed by atoms with Gasteiger partial charge in [0.1, 0.15) is 5.69 Å². The first-order valence-electron chi connectivity index (χ1n) is 8.85. The van der Waals surface area contributed by atoms with Crippen LogP contribution in [0, 0.1) is 23.5 Å². The molecule has 146 valence electrons. The number of pyridine rings is 1. The van der Waals surface area contributed by atoms with E-state index in [2.05, 4.69) is 26.9 Å². The van der Waals surface area contributed by atoms with Crippen LogP contribution < -0.4 is 4.90 Å². The zero-order valence-corrected chi connectivity index (χ0v) is 15.1. The Morgan fingerprint density at radius 3 is 2.11 bits per heavy atom. The van der Waals surface area contributed by atoms with Crippen molar-refractivity contribution < 1.29 is 17.6 Å². The first kappa shape index (κ1) is 19.6. The maximum absolute atomic E-state index is 13.9. The predicted octanol–water partition coefficient (Wildman–Crippen LogP) is 2.89. The first-order chi connectivity index (χ1) is 13.0. The van der Waals surface area contributed by atoms with E-state index in [4.69, 9.17) is 0 Å². The minimum atomic E-state index is -1.62. The Bertz CT molecular complexity index is 738. The Morgan fingerprint density at radius 1 is 0.926 bits per heavy atom. The quantitative estimate of drug-likeness (QED) is 0.566. The van der Waals surface area contributed by atoms with Crippen LogP contribution in [0.5, 0.6) is 0 Å². The van der Waals surface area contributed by atoms with Crippen LogP contribution in [0.25, 0.3) is 0 Å². The van der Waals surface area contributed by atoms with Crippen molar-refractivity contribution in [3.8, 4) is 0 Å². The van der Waals surface area contributed by atoms with Crippen LogP contribution in [-0.2, 0) is 6.54 Å². The number of halogens is 4. The molecule has 27 heavy (non-hydrogen) atoms. The lowest BCUT2D eigenvalue weighted by atomic mass is 10.2. The van der Waals surface area contributed by atoms with E-state index in [1.165, 1.54) is 10.5 Å². The van der Waals surface area contributed by atoms with Crippen molar-refractivity contribution in [2.24, 2.45) is 0 Å². The van der Waals surface area contributed by atoms with E-state index in [1.807, 2.05) is 25.2 Å². The molecule has 0 spiro atoms. The SMILES string of the molecule is CN(CCN1CCN(c2c(F)c(F)nc(F)c2F)CC1)Cc1ccccc1. The second kappa shape index (κ2) is 8.67. The van der Waals surface area contributed by atoms with Gasteiger partial charge in [-0.3, -0.25) is 4.90 Å². The lowest BCUT2D eigenvalue weighted by molar-refractivity contribution is 0.211. The van der Waals surface area contributed by atoms with Crippen LogP contribution in [0.2, 0.25) is 0 Å². The Balaban J connectivity index is 1.51. The largest absolute Gasteiger partial charge is 0.364 e. The molecule has 1 aliphatic heterocycles. The first-order valence-corrected chi connectivity index (χ1v) is 8.85. The molecule has 0 amide bonds. The van der Waals surface area contributed by atoms with Gasteiger partial charge in [-0.05, 0) is 12.6 Å². The van der Waals surface area contributed by atoms with Gasteiger partial charge in [0.25, 0.3) is 11.9 Å². The fourth-order valence-corrected chi connectivity index (χ4v) is 3.24. The van der Waals surface area contributed by atoms with Crippen LogP contribution in [0.4, 0.5) is 23.2 Å². The molecule has 0 bridgehead atoms. The third kappa shape index (κ3) is 4.75. The second-order valence-electron chi connectivity index (χ2n) is 6.72. The number of nitrogens with zero attached hydrogens (tertiary/aromatic N) is 4. The van der Waals surface area contributed by atoms with Gasteiger partial charge in [-0.15, -0.1) is 0 Å². The standard InChI is InChI=1S/C19H22F4N4/c1-25(13-14-5-3-2-4-6-14)7-8-26-9-11-27(12-10-26)17-15(20)18(22)24-19(23)16(17)21/h2-6H,7-13H2,1H3. The third-order valence-corrected chi connectivity index (χ3v) is 4.76. The number of hydrogen-bond donors (Lipinski definition) is 0. The Labute approximate surface area is 156 Å². The summed E-state index contributed by atoms with van der Waals surface area (Å²) in [5, 5.41) is 0. The van der Waals surface area contributed by atoms with Crippen molar-refractivity contribution in [1.82, 2.24) is 14.8 Å². The van der Waals surface area contributed by atoms with Gasteiger partial charge in [0, 0.05) is 45.8 Å². The van der Waals surface area contributed by atoms with E-state index in [0.29, 0.717) is 26.2 Å². The highest BCUT2D eigenvalue weighted by molar-refractivity contribution is 5.49. The van der Waals surface area contributed by atoms with Crippen LogP contribution >= 0.6 is 0 Å². The zero-order valence-electron chi connectivity index (χ0n) is 15.1. The summed E-state index contributed by atoms with van der Waals surface area (Å²) in [7, 11) is 2.04. The van der Waals surface area contributed by atoms with Crippen LogP contribution in [0.1, 0.15) is 5.56 Å². The number of likely N-dealkylation sites (N-methyl/N-ethyl adjacent to an activating group) is 1. The van der Waals surface area contributed by atoms with Crippen molar-refractivity contribution in [3.63, 3.8) is 0 Å². The van der Waals surface area contributed by atoms with Gasteiger partial charge in [0.2, 0.25) is 11.6 Å². The molecule has 2 heterocycles. The van der Waals surface area contributed by atoms with E-state index in [9.17, 15) is 17.6 Å². The summed E-state index contributed by atoms with van der Waals surface area (Å²) < 4.78 is 54.4. The lowest BCUT2D eigenvalue weighted by Gasteiger charge is -2.36. The zero-order chi connectivity index (χ0) is 19.4. The molecule has 0 aliphatic carbocycles. The van der Waals surface area contributed by atoms with Crippen molar-refractivity contribution in [2.45, 2.75) is 6.54 Å². The number of anilines is 1. The maximum atomic E-state index is 13.9. The van der Waals surface area contributed by atoms with E-state index in [-0.39, 0.29) is 0 Å². The normalized spacial score (nSPS) is 15.6. The summed E-state index contributed by atoms with van der Waals surface area (Å²) >= 11 is 0. The Morgan fingerprint density at radius 2 is 1.52 bits per heavy atom. The predicted molar refractivity (Wildman–Crippen MR) is 95.5 cm³/mol. The van der Waals surface area contributed by atoms with Gasteiger partial charge >= 0.3 is 0 Å². The van der Waals surface area contributed by atoms with Crippen LogP contribution in [-0.4, -0.2) is 61.1 Å². The molecule has 1 aromatic carbocycles. The monoisotopic (exact) mass is 382 g/mol. The van der Waals surface area contributed by atoms with Gasteiger partial charge in [-0.2, -0.15) is 22.5 Å². The number of benzene rings is 1. The smallest absolute Gasteiger partial charge is 0.253 e. The lowest BCUT2D eigenvalue weighted by Crippen LogP contribution is -2.48. The van der Waals surface area contributed by atoms with Crippen molar-refractivity contribution in [2.75, 3.05) is 51.2 Å². The molecule has 1 saturated heterocycles. The molecule has 1 aromatic heterocycles. The minimum absolute atomic E-state index is 0.291. The van der Waals surface area contributed by atoms with E-state index in [0.717, 1.165) is 19.6 Å². The number of rotatable bonds is 6. The van der Waals surface area contributed by atoms with Crippen LogP contribution in [0.3, 0.4) is 0 Å². The van der Waals surface area contributed by atoms with Gasteiger partial charge < -0.3 is 9.80 Å². The third-order valence-electron chi connectivity index (χ3n) is 4.76. The highest BCUT2D eigenvalue weighted by atomic mass is 19.2. The molecule has 8 heteroatoms. The molecule has 2 aromatic rings. The van der Waals surface area contributed by atoms with E-state index >= 15 is 0 Å². The molecule has 0 unspecified atom stereocenters. The number of aromatic nitrogens is 1. The number of piperazine rings is 1. The van der Waals surface area contributed by atoms with E-state index < -0.39 is 29.2 Å².